The lowest BCUT2D eigenvalue weighted by molar-refractivity contribution is -0.146. The van der Waals surface area contributed by atoms with Crippen molar-refractivity contribution in [3.63, 3.8) is 0 Å². The van der Waals surface area contributed by atoms with Gasteiger partial charge in [0, 0.05) is 25.9 Å². The van der Waals surface area contributed by atoms with Crippen LogP contribution in [0.1, 0.15) is 112 Å². The Labute approximate surface area is 481 Å². The summed E-state index contributed by atoms with van der Waals surface area (Å²) < 4.78 is 0. The molecule has 0 bridgehead atoms. The van der Waals surface area contributed by atoms with Crippen LogP contribution in [-0.2, 0) is 64.0 Å². The van der Waals surface area contributed by atoms with Crippen molar-refractivity contribution >= 4 is 77.0 Å². The van der Waals surface area contributed by atoms with E-state index in [1.54, 1.807) is 71.9 Å². The first-order valence-corrected chi connectivity index (χ1v) is 27.4. The molecule has 30 nitrogen and oxygen atoms in total. The fourth-order valence-corrected chi connectivity index (χ4v) is 8.79. The van der Waals surface area contributed by atoms with E-state index in [1.807, 2.05) is 0 Å². The van der Waals surface area contributed by atoms with Gasteiger partial charge in [-0.2, -0.15) is 0 Å². The standard InChI is InChI=1S/C53H85N13O17/c1-26(2)21-34(60-43(73)31(54)24-40(71)72)46(76)61-36(23-30-13-9-8-10-14-30)47(77)58-32(15-11-19-57-53(55)56)44(74)63-37(25-67)48(78)65-42(29(7)68)50(80)62-35(22-27(3)4)45(75)59-33(17-18-39(69)70)51(81)66-20-12-16-38(66)49(79)64-41(28(5)6)52(82)83/h8-10,13-14,26-29,31-38,41-42,67-68H,11-12,15-25,54H2,1-7H3,(H,58,77)(H,59,75)(H,60,73)(H,61,76)(H,62,80)(H,63,74)(H,64,79)(H,65,78)(H,69,70)(H,71,72)(H,82,83)(H4,55,56,57)/t29-,31+,32+,33+,34+,35+,36+,37+,38+,41+,42+/m1/s1. The van der Waals surface area contributed by atoms with Crippen LogP contribution in [0.4, 0.5) is 0 Å². The molecule has 1 aliphatic rings. The summed E-state index contributed by atoms with van der Waals surface area (Å²) >= 11 is 0. The van der Waals surface area contributed by atoms with Crippen LogP contribution in [-0.4, -0.2) is 194 Å². The summed E-state index contributed by atoms with van der Waals surface area (Å²) in [6.45, 7) is 9.97. The number of nitrogens with one attached hydrogen (secondary N) is 8. The number of nitrogens with zero attached hydrogens (tertiary/aromatic N) is 2. The van der Waals surface area contributed by atoms with Gasteiger partial charge in [-0.05, 0) is 75.2 Å². The number of likely N-dealkylation sites (tertiary alicyclic amines) is 1. The van der Waals surface area contributed by atoms with Crippen LogP contribution < -0.4 is 59.7 Å². The maximum Gasteiger partial charge on any atom is 0.326 e. The highest BCUT2D eigenvalue weighted by Crippen LogP contribution is 2.21. The molecule has 1 aromatic carbocycles. The predicted molar refractivity (Wildman–Crippen MR) is 297 cm³/mol. The maximum atomic E-state index is 14.3. The lowest BCUT2D eigenvalue weighted by atomic mass is 10.00. The van der Waals surface area contributed by atoms with Gasteiger partial charge in [0.1, 0.15) is 54.4 Å². The number of amides is 9. The smallest absolute Gasteiger partial charge is 0.326 e. The Balaban J connectivity index is 2.43. The van der Waals surface area contributed by atoms with Crippen LogP contribution in [0.3, 0.4) is 0 Å². The number of aliphatic imine (C=N–C) groups is 1. The molecule has 464 valence electrons. The largest absolute Gasteiger partial charge is 0.481 e. The first-order valence-electron chi connectivity index (χ1n) is 27.4. The molecule has 30 heteroatoms. The van der Waals surface area contributed by atoms with Gasteiger partial charge < -0.3 is 90.2 Å². The summed E-state index contributed by atoms with van der Waals surface area (Å²) in [4.78, 5) is 164. The zero-order valence-corrected chi connectivity index (χ0v) is 47.9. The Morgan fingerprint density at radius 1 is 0.614 bits per heavy atom. The zero-order chi connectivity index (χ0) is 62.8. The number of benzene rings is 1. The van der Waals surface area contributed by atoms with E-state index in [2.05, 4.69) is 47.5 Å². The van der Waals surface area contributed by atoms with Gasteiger partial charge in [-0.3, -0.25) is 57.7 Å². The van der Waals surface area contributed by atoms with E-state index in [-0.39, 0.29) is 69.4 Å². The second-order valence-corrected chi connectivity index (χ2v) is 21.6. The Bertz CT molecular complexity index is 2440. The van der Waals surface area contributed by atoms with Crippen LogP contribution >= 0.6 is 0 Å². The van der Waals surface area contributed by atoms with E-state index in [0.717, 1.165) is 11.8 Å². The average Bonchev–Trinajstić information content (AvgIpc) is 4.19. The minimum absolute atomic E-state index is 0.00991. The Morgan fingerprint density at radius 3 is 1.63 bits per heavy atom. The Morgan fingerprint density at radius 2 is 1.12 bits per heavy atom. The van der Waals surface area contributed by atoms with Crippen LogP contribution in [0, 0.1) is 17.8 Å². The highest BCUT2D eigenvalue weighted by molar-refractivity contribution is 5.99. The summed E-state index contributed by atoms with van der Waals surface area (Å²) in [5.41, 5.74) is 17.3. The summed E-state index contributed by atoms with van der Waals surface area (Å²) in [5, 5.41) is 69.2. The second kappa shape index (κ2) is 35.1. The molecule has 0 radical (unpaired) electrons. The third kappa shape index (κ3) is 25.0. The number of carboxylic acids is 3. The van der Waals surface area contributed by atoms with Crippen LogP contribution in [0.5, 0.6) is 0 Å². The van der Waals surface area contributed by atoms with Gasteiger partial charge in [-0.25, -0.2) is 4.79 Å². The molecule has 0 aliphatic carbocycles. The first kappa shape index (κ1) is 71.1. The number of carbonyl (C=O) groups excluding carboxylic acids is 9. The quantitative estimate of drug-likeness (QED) is 0.0173. The van der Waals surface area contributed by atoms with Gasteiger partial charge >= 0.3 is 17.9 Å². The van der Waals surface area contributed by atoms with Crippen molar-refractivity contribution in [3.05, 3.63) is 35.9 Å². The Kier molecular flexibility index (Phi) is 30.1. The molecule has 1 aromatic rings. The lowest BCUT2D eigenvalue weighted by Gasteiger charge is -2.31. The molecule has 0 spiro atoms. The molecule has 83 heavy (non-hydrogen) atoms. The fraction of sp³-hybridized carbons (Fsp3) is 0.642. The van der Waals surface area contributed by atoms with Crippen molar-refractivity contribution in [1.82, 2.24) is 47.4 Å². The topological polar surface area (TPSA) is 496 Å². The van der Waals surface area contributed by atoms with Gasteiger partial charge in [0.15, 0.2) is 5.96 Å². The minimum atomic E-state index is -1.89. The molecular weight excluding hydrogens is 1090 g/mol. The number of hydrogen-bond donors (Lipinski definition) is 16. The van der Waals surface area contributed by atoms with Crippen molar-refractivity contribution in [2.24, 2.45) is 39.9 Å². The third-order valence-corrected chi connectivity index (χ3v) is 13.1. The van der Waals surface area contributed by atoms with E-state index >= 15 is 0 Å². The SMILES string of the molecule is CC(C)C[C@H](NC(=O)[C@@H](NC(=O)[C@H](CO)NC(=O)[C@H](CCCN=C(N)N)NC(=O)[C@H](Cc1ccccc1)NC(=O)[C@H](CC(C)C)NC(=O)[C@@H](N)CC(=O)O)[C@@H](C)O)C(=O)N[C@@H](CCC(=O)O)C(=O)N1CCC[C@H]1C(=O)N[C@H](C(=O)O)C(C)C. The number of nitrogens with two attached hydrogens (primary N) is 3. The van der Waals surface area contributed by atoms with Gasteiger partial charge in [-0.1, -0.05) is 71.9 Å². The van der Waals surface area contributed by atoms with Gasteiger partial charge in [0.2, 0.25) is 53.2 Å². The number of aliphatic carboxylic acids is 3. The second-order valence-electron chi connectivity index (χ2n) is 21.6. The number of guanidine groups is 1. The highest BCUT2D eigenvalue weighted by atomic mass is 16.4. The van der Waals surface area contributed by atoms with Crippen LogP contribution in [0.15, 0.2) is 35.3 Å². The van der Waals surface area contributed by atoms with Crippen LogP contribution in [0.25, 0.3) is 0 Å². The predicted octanol–water partition coefficient (Wildman–Crippen LogP) is -3.98. The highest BCUT2D eigenvalue weighted by Gasteiger charge is 2.41. The monoisotopic (exact) mass is 1180 g/mol. The molecule has 11 atom stereocenters. The van der Waals surface area contributed by atoms with Crippen molar-refractivity contribution in [2.75, 3.05) is 19.7 Å². The normalized spacial score (nSPS) is 16.7. The first-order chi connectivity index (χ1) is 38.9. The summed E-state index contributed by atoms with van der Waals surface area (Å²) in [5.74, 6) is -14.1. The number of carboxylic acid groups (broad SMARTS) is 3. The van der Waals surface area contributed by atoms with Crippen molar-refractivity contribution < 1.29 is 83.1 Å². The Hall–Kier alpha value is -7.99. The number of aliphatic hydroxyl groups excluding tert-OH is 2. The number of carbonyl (C=O) groups is 12. The summed E-state index contributed by atoms with van der Waals surface area (Å²) in [6.07, 6.45) is -3.50. The molecule has 1 fully saturated rings. The molecule has 2 rings (SSSR count). The fourth-order valence-electron chi connectivity index (χ4n) is 8.79. The van der Waals surface area contributed by atoms with E-state index in [1.165, 1.54) is 0 Å². The molecule has 19 N–H and O–H groups in total. The third-order valence-electron chi connectivity index (χ3n) is 13.1. The van der Waals surface area contributed by atoms with E-state index in [0.29, 0.717) is 12.0 Å². The van der Waals surface area contributed by atoms with E-state index in [9.17, 15) is 78.0 Å². The minimum Gasteiger partial charge on any atom is -0.481 e. The molecule has 0 aromatic heterocycles. The van der Waals surface area contributed by atoms with E-state index < -0.39 is 169 Å². The van der Waals surface area contributed by atoms with Crippen molar-refractivity contribution in [3.8, 4) is 0 Å². The molecule has 1 aliphatic heterocycles. The van der Waals surface area contributed by atoms with Gasteiger partial charge in [-0.15, -0.1) is 0 Å². The number of aliphatic hydroxyl groups is 2. The molecule has 1 heterocycles. The van der Waals surface area contributed by atoms with Gasteiger partial charge in [0.05, 0.1) is 25.2 Å². The molecule has 9 amide bonds. The van der Waals surface area contributed by atoms with Gasteiger partial charge in [0.25, 0.3) is 0 Å². The molecular formula is C53H85N13O17. The van der Waals surface area contributed by atoms with Crippen LogP contribution in [0.2, 0.25) is 0 Å². The van der Waals surface area contributed by atoms with Crippen molar-refractivity contribution in [2.45, 2.75) is 179 Å². The summed E-state index contributed by atoms with van der Waals surface area (Å²) in [7, 11) is 0. The lowest BCUT2D eigenvalue weighted by Crippen LogP contribution is -2.62. The summed E-state index contributed by atoms with van der Waals surface area (Å²) in [6, 6.07) is -6.73. The maximum absolute atomic E-state index is 14.3. The van der Waals surface area contributed by atoms with Crippen molar-refractivity contribution in [1.29, 1.82) is 0 Å². The molecule has 1 saturated heterocycles. The molecule has 0 saturated carbocycles. The zero-order valence-electron chi connectivity index (χ0n) is 47.9. The van der Waals surface area contributed by atoms with E-state index in [4.69, 9.17) is 22.3 Å². The number of rotatable bonds is 36. The number of hydrogen-bond acceptors (Lipinski definition) is 16. The molecule has 0 unspecified atom stereocenters. The average molecular weight is 1180 g/mol.